The van der Waals surface area contributed by atoms with E-state index in [9.17, 15) is 4.79 Å². The standard InChI is InChI=1S/C10H17N3O.ClH/c1-7(2)5-8(12)9(14)13-10(6-11)3-4-10;/h7-8H,3-5,12H2,1-2H3,(H,13,14);1H. The Balaban J connectivity index is 0.00000196. The molecule has 5 heteroatoms. The second-order valence-corrected chi connectivity index (χ2v) is 4.42. The highest BCUT2D eigenvalue weighted by atomic mass is 35.5. The Bertz CT molecular complexity index is 268. The highest BCUT2D eigenvalue weighted by Gasteiger charge is 2.45. The summed E-state index contributed by atoms with van der Waals surface area (Å²) in [5, 5.41) is 11.5. The Morgan fingerprint density at radius 3 is 2.47 bits per heavy atom. The third kappa shape index (κ3) is 4.06. The maximum absolute atomic E-state index is 11.5. The number of nitrogens with two attached hydrogens (primary N) is 1. The van der Waals surface area contributed by atoms with Gasteiger partial charge in [-0.15, -0.1) is 12.4 Å². The van der Waals surface area contributed by atoms with Gasteiger partial charge in [-0.25, -0.2) is 0 Å². The molecule has 1 aliphatic carbocycles. The van der Waals surface area contributed by atoms with Crippen molar-refractivity contribution >= 4 is 18.3 Å². The molecule has 0 aromatic rings. The van der Waals surface area contributed by atoms with Crippen molar-refractivity contribution in [1.82, 2.24) is 5.32 Å². The molecule has 0 bridgehead atoms. The third-order valence-electron chi connectivity index (χ3n) is 2.39. The fourth-order valence-electron chi connectivity index (χ4n) is 1.33. The molecule has 0 aromatic carbocycles. The first-order valence-electron chi connectivity index (χ1n) is 4.98. The maximum Gasteiger partial charge on any atom is 0.238 e. The van der Waals surface area contributed by atoms with E-state index in [-0.39, 0.29) is 18.3 Å². The van der Waals surface area contributed by atoms with E-state index < -0.39 is 11.6 Å². The molecule has 0 aromatic heterocycles. The van der Waals surface area contributed by atoms with Gasteiger partial charge in [0, 0.05) is 0 Å². The van der Waals surface area contributed by atoms with Gasteiger partial charge in [0.1, 0.15) is 5.54 Å². The first-order valence-corrected chi connectivity index (χ1v) is 4.98. The Kier molecular flexibility index (Phi) is 5.06. The second-order valence-electron chi connectivity index (χ2n) is 4.42. The van der Waals surface area contributed by atoms with Gasteiger partial charge >= 0.3 is 0 Å². The summed E-state index contributed by atoms with van der Waals surface area (Å²) in [5.74, 6) is 0.200. The van der Waals surface area contributed by atoms with Crippen LogP contribution in [0.15, 0.2) is 0 Å². The van der Waals surface area contributed by atoms with E-state index in [4.69, 9.17) is 11.0 Å². The zero-order chi connectivity index (χ0) is 10.8. The number of rotatable bonds is 4. The van der Waals surface area contributed by atoms with Gasteiger partial charge in [-0.05, 0) is 25.2 Å². The van der Waals surface area contributed by atoms with Crippen LogP contribution in [0.1, 0.15) is 33.1 Å². The highest BCUT2D eigenvalue weighted by Crippen LogP contribution is 2.34. The summed E-state index contributed by atoms with van der Waals surface area (Å²) in [6, 6.07) is 1.62. The molecule has 1 amide bonds. The van der Waals surface area contributed by atoms with Crippen LogP contribution >= 0.6 is 12.4 Å². The van der Waals surface area contributed by atoms with Crippen molar-refractivity contribution in [1.29, 1.82) is 5.26 Å². The second kappa shape index (κ2) is 5.34. The summed E-state index contributed by atoms with van der Waals surface area (Å²) < 4.78 is 0. The molecular formula is C10H18ClN3O. The summed E-state index contributed by atoms with van der Waals surface area (Å²) in [6.45, 7) is 4.04. The molecule has 0 radical (unpaired) electrons. The van der Waals surface area contributed by atoms with E-state index in [1.165, 1.54) is 0 Å². The van der Waals surface area contributed by atoms with Crippen molar-refractivity contribution < 1.29 is 4.79 Å². The fourth-order valence-corrected chi connectivity index (χ4v) is 1.33. The number of carbonyl (C=O) groups excluding carboxylic acids is 1. The van der Waals surface area contributed by atoms with Crippen molar-refractivity contribution in [3.05, 3.63) is 0 Å². The van der Waals surface area contributed by atoms with E-state index >= 15 is 0 Å². The first kappa shape index (κ1) is 14.2. The van der Waals surface area contributed by atoms with Gasteiger partial charge in [-0.3, -0.25) is 4.79 Å². The van der Waals surface area contributed by atoms with Gasteiger partial charge in [0.25, 0.3) is 0 Å². The number of amides is 1. The number of nitrogens with zero attached hydrogens (tertiary/aromatic N) is 1. The largest absolute Gasteiger partial charge is 0.336 e. The lowest BCUT2D eigenvalue weighted by atomic mass is 10.0. The van der Waals surface area contributed by atoms with Gasteiger partial charge in [0.2, 0.25) is 5.91 Å². The Hall–Kier alpha value is -0.790. The van der Waals surface area contributed by atoms with Crippen LogP contribution in [0.5, 0.6) is 0 Å². The van der Waals surface area contributed by atoms with Crippen LogP contribution in [0.25, 0.3) is 0 Å². The quantitative estimate of drug-likeness (QED) is 0.756. The van der Waals surface area contributed by atoms with E-state index in [0.717, 1.165) is 12.8 Å². The molecule has 0 saturated heterocycles. The molecule has 1 atom stereocenters. The minimum Gasteiger partial charge on any atom is -0.336 e. The Morgan fingerprint density at radius 2 is 2.13 bits per heavy atom. The molecular weight excluding hydrogens is 214 g/mol. The van der Waals surface area contributed by atoms with Crippen molar-refractivity contribution in [2.45, 2.75) is 44.7 Å². The average Bonchev–Trinajstić information content (AvgIpc) is 2.84. The van der Waals surface area contributed by atoms with Gasteiger partial charge in [0.15, 0.2) is 0 Å². The van der Waals surface area contributed by atoms with Crippen LogP contribution in [0.3, 0.4) is 0 Å². The summed E-state index contributed by atoms with van der Waals surface area (Å²) in [6.07, 6.45) is 2.17. The number of halogens is 1. The van der Waals surface area contributed by atoms with Gasteiger partial charge in [0.05, 0.1) is 12.1 Å². The van der Waals surface area contributed by atoms with Gasteiger partial charge in [-0.1, -0.05) is 13.8 Å². The smallest absolute Gasteiger partial charge is 0.238 e. The van der Waals surface area contributed by atoms with Crippen LogP contribution in [0.2, 0.25) is 0 Å². The zero-order valence-electron chi connectivity index (χ0n) is 9.12. The number of hydrogen-bond acceptors (Lipinski definition) is 3. The predicted octanol–water partition coefficient (Wildman–Crippen LogP) is 0.954. The van der Waals surface area contributed by atoms with E-state index in [1.807, 2.05) is 13.8 Å². The third-order valence-corrected chi connectivity index (χ3v) is 2.39. The average molecular weight is 232 g/mol. The number of nitrogens with one attached hydrogen (secondary N) is 1. The highest BCUT2D eigenvalue weighted by molar-refractivity contribution is 5.85. The number of hydrogen-bond donors (Lipinski definition) is 2. The molecule has 1 aliphatic rings. The van der Waals surface area contributed by atoms with Crippen molar-refractivity contribution in [3.8, 4) is 6.07 Å². The molecule has 1 fully saturated rings. The van der Waals surface area contributed by atoms with Crippen molar-refractivity contribution in [3.63, 3.8) is 0 Å². The Labute approximate surface area is 96.6 Å². The fraction of sp³-hybridized carbons (Fsp3) is 0.800. The monoisotopic (exact) mass is 231 g/mol. The van der Waals surface area contributed by atoms with E-state index in [2.05, 4.69) is 11.4 Å². The van der Waals surface area contributed by atoms with Crippen molar-refractivity contribution in [2.75, 3.05) is 0 Å². The zero-order valence-corrected chi connectivity index (χ0v) is 9.93. The molecule has 15 heavy (non-hydrogen) atoms. The lowest BCUT2D eigenvalue weighted by Crippen LogP contribution is -2.46. The van der Waals surface area contributed by atoms with E-state index in [1.54, 1.807) is 0 Å². The van der Waals surface area contributed by atoms with Crippen molar-refractivity contribution in [2.24, 2.45) is 11.7 Å². The number of carbonyl (C=O) groups is 1. The van der Waals surface area contributed by atoms with Crippen LogP contribution < -0.4 is 11.1 Å². The van der Waals surface area contributed by atoms with E-state index in [0.29, 0.717) is 12.3 Å². The summed E-state index contributed by atoms with van der Waals surface area (Å²) in [7, 11) is 0. The number of nitriles is 1. The Morgan fingerprint density at radius 1 is 1.60 bits per heavy atom. The first-order chi connectivity index (χ1) is 6.49. The van der Waals surface area contributed by atoms with Crippen LogP contribution in [-0.4, -0.2) is 17.5 Å². The molecule has 0 aliphatic heterocycles. The summed E-state index contributed by atoms with van der Waals surface area (Å²) in [4.78, 5) is 11.5. The maximum atomic E-state index is 11.5. The minimum atomic E-state index is -0.592. The topological polar surface area (TPSA) is 78.9 Å². The molecule has 1 saturated carbocycles. The SMILES string of the molecule is CC(C)CC(N)C(=O)NC1(C#N)CC1.Cl. The molecule has 4 nitrogen and oxygen atoms in total. The van der Waals surface area contributed by atoms with Crippen LogP contribution in [-0.2, 0) is 4.79 Å². The van der Waals surface area contributed by atoms with Gasteiger partial charge in [-0.2, -0.15) is 5.26 Å². The molecule has 86 valence electrons. The molecule has 3 N–H and O–H groups in total. The molecule has 1 unspecified atom stereocenters. The minimum absolute atomic E-state index is 0. The normalized spacial score (nSPS) is 18.6. The summed E-state index contributed by atoms with van der Waals surface area (Å²) >= 11 is 0. The van der Waals surface area contributed by atoms with Gasteiger partial charge < -0.3 is 11.1 Å². The van der Waals surface area contributed by atoms with Crippen LogP contribution in [0.4, 0.5) is 0 Å². The predicted molar refractivity (Wildman–Crippen MR) is 60.4 cm³/mol. The molecule has 0 spiro atoms. The lowest BCUT2D eigenvalue weighted by molar-refractivity contribution is -0.123. The molecule has 1 rings (SSSR count). The van der Waals surface area contributed by atoms with Crippen LogP contribution in [0, 0.1) is 17.2 Å². The summed E-state index contributed by atoms with van der Waals surface area (Å²) in [5.41, 5.74) is 5.09. The lowest BCUT2D eigenvalue weighted by Gasteiger charge is -2.16. The molecule has 0 heterocycles.